The maximum Gasteiger partial charge on any atom is 0.184 e. The fourth-order valence-corrected chi connectivity index (χ4v) is 2.41. The van der Waals surface area contributed by atoms with Crippen LogP contribution in [0.2, 0.25) is 0 Å². The van der Waals surface area contributed by atoms with Crippen molar-refractivity contribution in [3.63, 3.8) is 0 Å². The number of thiophene rings is 1. The molecule has 2 aromatic rings. The largest absolute Gasteiger partial charge is 0.375 e. The Kier molecular flexibility index (Phi) is 3.17. The third-order valence-electron chi connectivity index (χ3n) is 2.12. The first-order chi connectivity index (χ1) is 7.66. The van der Waals surface area contributed by atoms with Crippen LogP contribution in [0.1, 0.15) is 11.8 Å². The van der Waals surface area contributed by atoms with Crippen molar-refractivity contribution >= 4 is 44.5 Å². The number of fused-ring (bicyclic) bond motifs is 1. The van der Waals surface area contributed by atoms with E-state index < -0.39 is 0 Å². The van der Waals surface area contributed by atoms with E-state index in [1.165, 1.54) is 10.1 Å². The van der Waals surface area contributed by atoms with Crippen molar-refractivity contribution in [3.8, 4) is 0 Å². The Balaban J connectivity index is 2.33. The van der Waals surface area contributed by atoms with Crippen LogP contribution in [0.15, 0.2) is 35.4 Å². The Labute approximate surface area is 103 Å². The summed E-state index contributed by atoms with van der Waals surface area (Å²) in [4.78, 5) is 1.12. The van der Waals surface area contributed by atoms with Crippen molar-refractivity contribution in [1.29, 1.82) is 0 Å². The van der Waals surface area contributed by atoms with Gasteiger partial charge in [0.1, 0.15) is 0 Å². The minimum atomic E-state index is 0.181. The van der Waals surface area contributed by atoms with Crippen molar-refractivity contribution in [2.24, 2.45) is 10.8 Å². The van der Waals surface area contributed by atoms with E-state index in [1.54, 1.807) is 11.3 Å². The predicted molar refractivity (Wildman–Crippen MR) is 74.0 cm³/mol. The van der Waals surface area contributed by atoms with Crippen LogP contribution < -0.4 is 11.2 Å². The Morgan fingerprint density at radius 1 is 1.44 bits per heavy atom. The van der Waals surface area contributed by atoms with Crippen molar-refractivity contribution < 1.29 is 0 Å². The third-order valence-corrected chi connectivity index (χ3v) is 3.43. The number of hydrazone groups is 1. The molecule has 5 heteroatoms. The summed E-state index contributed by atoms with van der Waals surface area (Å²) >= 11 is 6.39. The second-order valence-electron chi connectivity index (χ2n) is 3.32. The number of nitrogens with one attached hydrogen (secondary N) is 1. The molecule has 16 heavy (non-hydrogen) atoms. The minimum absolute atomic E-state index is 0.181. The standard InChI is InChI=1S/C11H11N3S2/c1-7(13-14-11(12)15)10-6-8-4-2-3-5-9(8)16-10/h2-6H,1H3,(H3,12,14,15)/b13-7-. The van der Waals surface area contributed by atoms with Gasteiger partial charge in [-0.1, -0.05) is 18.2 Å². The SMILES string of the molecule is C/C(=N/NC(N)=S)c1cc2ccccc2s1. The van der Waals surface area contributed by atoms with Crippen LogP contribution >= 0.6 is 23.6 Å². The van der Waals surface area contributed by atoms with Crippen molar-refractivity contribution in [2.45, 2.75) is 6.92 Å². The molecular weight excluding hydrogens is 238 g/mol. The lowest BCUT2D eigenvalue weighted by Gasteiger charge is -1.97. The third kappa shape index (κ3) is 2.37. The second kappa shape index (κ2) is 4.59. The average molecular weight is 249 g/mol. The van der Waals surface area contributed by atoms with Crippen LogP contribution in [0.25, 0.3) is 10.1 Å². The molecular formula is C11H11N3S2. The van der Waals surface area contributed by atoms with Gasteiger partial charge >= 0.3 is 0 Å². The molecule has 0 fully saturated rings. The average Bonchev–Trinajstić information content (AvgIpc) is 2.69. The Hall–Kier alpha value is -1.46. The van der Waals surface area contributed by atoms with Crippen molar-refractivity contribution in [2.75, 3.05) is 0 Å². The van der Waals surface area contributed by atoms with Gasteiger partial charge in [0.2, 0.25) is 0 Å². The minimum Gasteiger partial charge on any atom is -0.375 e. The number of thiocarbonyl (C=S) groups is 1. The van der Waals surface area contributed by atoms with E-state index in [0.29, 0.717) is 0 Å². The predicted octanol–water partition coefficient (Wildman–Crippen LogP) is 2.46. The van der Waals surface area contributed by atoms with Gasteiger partial charge in [-0.2, -0.15) is 5.10 Å². The van der Waals surface area contributed by atoms with E-state index in [2.05, 4.69) is 28.7 Å². The molecule has 0 bridgehead atoms. The lowest BCUT2D eigenvalue weighted by Crippen LogP contribution is -2.25. The van der Waals surface area contributed by atoms with Gasteiger partial charge in [0.15, 0.2) is 5.11 Å². The summed E-state index contributed by atoms with van der Waals surface area (Å²) < 4.78 is 1.25. The van der Waals surface area contributed by atoms with Crippen LogP contribution in [0.4, 0.5) is 0 Å². The number of nitrogens with two attached hydrogens (primary N) is 1. The van der Waals surface area contributed by atoms with Crippen LogP contribution in [-0.4, -0.2) is 10.8 Å². The highest BCUT2D eigenvalue weighted by Gasteiger charge is 2.03. The fourth-order valence-electron chi connectivity index (χ4n) is 1.35. The maximum absolute atomic E-state index is 5.31. The Bertz CT molecular complexity index is 524. The second-order valence-corrected chi connectivity index (χ2v) is 4.85. The molecule has 0 radical (unpaired) electrons. The first kappa shape index (κ1) is 11.0. The van der Waals surface area contributed by atoms with E-state index in [4.69, 9.17) is 18.0 Å². The van der Waals surface area contributed by atoms with Gasteiger partial charge in [0.05, 0.1) is 10.6 Å². The summed E-state index contributed by atoms with van der Waals surface area (Å²) in [5.41, 5.74) is 8.79. The molecule has 0 spiro atoms. The van der Waals surface area contributed by atoms with Gasteiger partial charge in [0.25, 0.3) is 0 Å². The number of hydrogen-bond donors (Lipinski definition) is 2. The molecule has 3 N–H and O–H groups in total. The summed E-state index contributed by atoms with van der Waals surface area (Å²) in [5, 5.41) is 5.51. The van der Waals surface area contributed by atoms with E-state index in [9.17, 15) is 0 Å². The molecule has 82 valence electrons. The maximum atomic E-state index is 5.31. The van der Waals surface area contributed by atoms with Gasteiger partial charge in [0, 0.05) is 4.70 Å². The van der Waals surface area contributed by atoms with E-state index in [0.717, 1.165) is 10.6 Å². The number of benzene rings is 1. The highest BCUT2D eigenvalue weighted by Crippen LogP contribution is 2.25. The highest BCUT2D eigenvalue weighted by atomic mass is 32.1. The fraction of sp³-hybridized carbons (Fsp3) is 0.0909. The van der Waals surface area contributed by atoms with Crippen LogP contribution in [0, 0.1) is 0 Å². The molecule has 0 atom stereocenters. The molecule has 0 aliphatic rings. The topological polar surface area (TPSA) is 50.4 Å². The molecule has 1 aromatic carbocycles. The molecule has 1 aromatic heterocycles. The molecule has 0 saturated carbocycles. The van der Waals surface area contributed by atoms with Gasteiger partial charge in [-0.25, -0.2) is 0 Å². The molecule has 2 rings (SSSR count). The van der Waals surface area contributed by atoms with E-state index in [-0.39, 0.29) is 5.11 Å². The molecule has 0 aliphatic carbocycles. The zero-order valence-electron chi connectivity index (χ0n) is 8.73. The summed E-state index contributed by atoms with van der Waals surface area (Å²) in [6.07, 6.45) is 0. The van der Waals surface area contributed by atoms with E-state index >= 15 is 0 Å². The summed E-state index contributed by atoms with van der Waals surface area (Å²) in [7, 11) is 0. The van der Waals surface area contributed by atoms with Gasteiger partial charge in [-0.15, -0.1) is 11.3 Å². The van der Waals surface area contributed by atoms with Crippen LogP contribution in [0.5, 0.6) is 0 Å². The van der Waals surface area contributed by atoms with Crippen LogP contribution in [-0.2, 0) is 0 Å². The monoisotopic (exact) mass is 249 g/mol. The highest BCUT2D eigenvalue weighted by molar-refractivity contribution is 7.80. The molecule has 0 unspecified atom stereocenters. The number of hydrogen-bond acceptors (Lipinski definition) is 3. The first-order valence-electron chi connectivity index (χ1n) is 4.75. The summed E-state index contributed by atoms with van der Waals surface area (Å²) in [6, 6.07) is 10.3. The first-order valence-corrected chi connectivity index (χ1v) is 5.98. The lowest BCUT2D eigenvalue weighted by molar-refractivity contribution is 1.03. The van der Waals surface area contributed by atoms with Gasteiger partial charge in [-0.3, -0.25) is 5.43 Å². The van der Waals surface area contributed by atoms with Crippen LogP contribution in [0.3, 0.4) is 0 Å². The molecule has 0 aliphatic heterocycles. The summed E-state index contributed by atoms with van der Waals surface area (Å²) in [6.45, 7) is 1.93. The number of rotatable bonds is 2. The Morgan fingerprint density at radius 3 is 2.88 bits per heavy atom. The zero-order chi connectivity index (χ0) is 11.5. The molecule has 0 saturated heterocycles. The van der Waals surface area contributed by atoms with Crippen molar-refractivity contribution in [1.82, 2.24) is 5.43 Å². The smallest absolute Gasteiger partial charge is 0.184 e. The zero-order valence-corrected chi connectivity index (χ0v) is 10.4. The normalized spacial score (nSPS) is 11.7. The number of nitrogens with zero attached hydrogens (tertiary/aromatic N) is 1. The molecule has 1 heterocycles. The molecule has 3 nitrogen and oxygen atoms in total. The van der Waals surface area contributed by atoms with Crippen molar-refractivity contribution in [3.05, 3.63) is 35.2 Å². The van der Waals surface area contributed by atoms with Gasteiger partial charge < -0.3 is 5.73 Å². The van der Waals surface area contributed by atoms with Gasteiger partial charge in [-0.05, 0) is 36.7 Å². The van der Waals surface area contributed by atoms with E-state index in [1.807, 2.05) is 19.1 Å². The quantitative estimate of drug-likeness (QED) is 0.488. The lowest BCUT2D eigenvalue weighted by atomic mass is 10.2. The molecule has 0 amide bonds. The summed E-state index contributed by atoms with van der Waals surface area (Å²) in [5.74, 6) is 0. The Morgan fingerprint density at radius 2 is 2.19 bits per heavy atom.